The number of halogens is 3. The van der Waals surface area contributed by atoms with Crippen LogP contribution < -0.4 is 16.6 Å². The molecule has 0 radical (unpaired) electrons. The first-order valence-electron chi connectivity index (χ1n) is 8.42. The minimum Gasteiger partial charge on any atom is -0.325 e. The van der Waals surface area contributed by atoms with E-state index in [0.717, 1.165) is 21.3 Å². The number of fused-ring (bicyclic) bond motifs is 1. The van der Waals surface area contributed by atoms with E-state index in [4.69, 9.17) is 0 Å². The number of anilines is 1. The topological polar surface area (TPSA) is 73.1 Å². The van der Waals surface area contributed by atoms with Crippen molar-refractivity contribution < 1.29 is 18.0 Å². The molecule has 1 N–H and O–H groups in total. The summed E-state index contributed by atoms with van der Waals surface area (Å²) in [7, 11) is 0. The molecule has 0 aliphatic heterocycles. The Hall–Kier alpha value is -3.36. The molecule has 1 heterocycles. The lowest BCUT2D eigenvalue weighted by Crippen LogP contribution is -2.41. The number of carbonyl (C=O) groups excluding carboxylic acids is 1. The van der Waals surface area contributed by atoms with E-state index in [2.05, 4.69) is 5.32 Å². The number of benzene rings is 2. The SMILES string of the molecule is CCn1c(=O)c2ccccc2n(CC(=O)Nc2cccc(C(F)(F)F)c2)c1=O. The van der Waals surface area contributed by atoms with Crippen molar-refractivity contribution in [2.75, 3.05) is 5.32 Å². The molecule has 28 heavy (non-hydrogen) atoms. The third-order valence-electron chi connectivity index (χ3n) is 4.22. The van der Waals surface area contributed by atoms with Gasteiger partial charge in [0, 0.05) is 12.2 Å². The highest BCUT2D eigenvalue weighted by molar-refractivity contribution is 5.91. The van der Waals surface area contributed by atoms with Gasteiger partial charge in [0.1, 0.15) is 6.54 Å². The van der Waals surface area contributed by atoms with Crippen LogP contribution in [0.4, 0.5) is 18.9 Å². The first kappa shape index (κ1) is 19.4. The zero-order chi connectivity index (χ0) is 20.5. The van der Waals surface area contributed by atoms with Crippen molar-refractivity contribution in [1.29, 1.82) is 0 Å². The lowest BCUT2D eigenvalue weighted by Gasteiger charge is -2.14. The first-order valence-corrected chi connectivity index (χ1v) is 8.42. The number of rotatable bonds is 4. The molecule has 1 amide bonds. The molecule has 3 rings (SSSR count). The first-order chi connectivity index (χ1) is 13.2. The second-order valence-electron chi connectivity index (χ2n) is 6.06. The predicted molar refractivity (Wildman–Crippen MR) is 98.2 cm³/mol. The molecule has 6 nitrogen and oxygen atoms in total. The van der Waals surface area contributed by atoms with E-state index in [-0.39, 0.29) is 23.1 Å². The van der Waals surface area contributed by atoms with Crippen LogP contribution in [-0.4, -0.2) is 15.0 Å². The number of nitrogens with zero attached hydrogens (tertiary/aromatic N) is 2. The van der Waals surface area contributed by atoms with Crippen molar-refractivity contribution in [2.45, 2.75) is 26.2 Å². The van der Waals surface area contributed by atoms with Gasteiger partial charge in [0.25, 0.3) is 5.56 Å². The fraction of sp³-hybridized carbons (Fsp3) is 0.211. The summed E-state index contributed by atoms with van der Waals surface area (Å²) >= 11 is 0. The van der Waals surface area contributed by atoms with Crippen LogP contribution >= 0.6 is 0 Å². The molecule has 0 unspecified atom stereocenters. The fourth-order valence-corrected chi connectivity index (χ4v) is 2.92. The number of aromatic nitrogens is 2. The summed E-state index contributed by atoms with van der Waals surface area (Å²) in [5, 5.41) is 2.63. The van der Waals surface area contributed by atoms with Gasteiger partial charge in [-0.1, -0.05) is 18.2 Å². The second kappa shape index (κ2) is 7.34. The monoisotopic (exact) mass is 391 g/mol. The van der Waals surface area contributed by atoms with Gasteiger partial charge in [-0.3, -0.25) is 18.7 Å². The average molecular weight is 391 g/mol. The van der Waals surface area contributed by atoms with Crippen LogP contribution in [0.25, 0.3) is 10.9 Å². The highest BCUT2D eigenvalue weighted by Gasteiger charge is 2.30. The van der Waals surface area contributed by atoms with E-state index in [0.29, 0.717) is 0 Å². The maximum atomic E-state index is 12.8. The number of nitrogens with one attached hydrogen (secondary N) is 1. The van der Waals surface area contributed by atoms with Crippen LogP contribution in [0.3, 0.4) is 0 Å². The Bertz CT molecular complexity index is 1160. The molecular weight excluding hydrogens is 375 g/mol. The van der Waals surface area contributed by atoms with Crippen LogP contribution in [-0.2, 0) is 24.1 Å². The third-order valence-corrected chi connectivity index (χ3v) is 4.22. The maximum Gasteiger partial charge on any atom is 0.416 e. The van der Waals surface area contributed by atoms with Crippen molar-refractivity contribution in [3.8, 4) is 0 Å². The van der Waals surface area contributed by atoms with E-state index in [9.17, 15) is 27.6 Å². The van der Waals surface area contributed by atoms with Crippen LogP contribution in [0.5, 0.6) is 0 Å². The molecule has 0 fully saturated rings. The van der Waals surface area contributed by atoms with E-state index >= 15 is 0 Å². The fourth-order valence-electron chi connectivity index (χ4n) is 2.92. The molecule has 2 aromatic carbocycles. The van der Waals surface area contributed by atoms with Crippen molar-refractivity contribution in [3.05, 3.63) is 74.9 Å². The molecule has 0 bridgehead atoms. The van der Waals surface area contributed by atoms with Gasteiger partial charge < -0.3 is 5.32 Å². The molecule has 0 aliphatic rings. The summed E-state index contributed by atoms with van der Waals surface area (Å²) in [6.07, 6.45) is -4.54. The van der Waals surface area contributed by atoms with Gasteiger partial charge in [0.15, 0.2) is 0 Å². The highest BCUT2D eigenvalue weighted by Crippen LogP contribution is 2.30. The van der Waals surface area contributed by atoms with Gasteiger partial charge in [-0.05, 0) is 37.3 Å². The van der Waals surface area contributed by atoms with Gasteiger partial charge in [0.05, 0.1) is 16.5 Å². The number of hydrogen-bond donors (Lipinski definition) is 1. The summed E-state index contributed by atoms with van der Waals surface area (Å²) in [5.41, 5.74) is -1.78. The van der Waals surface area contributed by atoms with Gasteiger partial charge >= 0.3 is 11.9 Å². The van der Waals surface area contributed by atoms with Crippen molar-refractivity contribution in [3.63, 3.8) is 0 Å². The van der Waals surface area contributed by atoms with Crippen LogP contribution in [0.1, 0.15) is 12.5 Å². The van der Waals surface area contributed by atoms with Crippen molar-refractivity contribution in [2.24, 2.45) is 0 Å². The van der Waals surface area contributed by atoms with Crippen LogP contribution in [0, 0.1) is 0 Å². The smallest absolute Gasteiger partial charge is 0.325 e. The summed E-state index contributed by atoms with van der Waals surface area (Å²) in [5.74, 6) is -0.687. The number of alkyl halides is 3. The molecule has 0 saturated heterocycles. The zero-order valence-electron chi connectivity index (χ0n) is 14.8. The Labute approximate surface area is 156 Å². The standard InChI is InChI=1S/C19H16F3N3O3/c1-2-24-17(27)14-8-3-4-9-15(14)25(18(24)28)11-16(26)23-13-7-5-6-12(10-13)19(20,21)22/h3-10H,2,11H2,1H3,(H,23,26). The molecular formula is C19H16F3N3O3. The largest absolute Gasteiger partial charge is 0.416 e. The van der Waals surface area contributed by atoms with E-state index in [1.54, 1.807) is 25.1 Å². The molecule has 0 aliphatic carbocycles. The predicted octanol–water partition coefficient (Wildman–Crippen LogP) is 2.84. The highest BCUT2D eigenvalue weighted by atomic mass is 19.4. The summed E-state index contributed by atoms with van der Waals surface area (Å²) < 4.78 is 40.6. The normalized spacial score (nSPS) is 11.6. The minimum absolute atomic E-state index is 0.0407. The molecule has 0 atom stereocenters. The maximum absolute atomic E-state index is 12.8. The van der Waals surface area contributed by atoms with Crippen LogP contribution in [0.15, 0.2) is 58.1 Å². The van der Waals surface area contributed by atoms with E-state index in [1.165, 1.54) is 18.2 Å². The summed E-state index contributed by atoms with van der Waals surface area (Å²) in [6, 6.07) is 10.6. The Balaban J connectivity index is 1.96. The lowest BCUT2D eigenvalue weighted by atomic mass is 10.2. The lowest BCUT2D eigenvalue weighted by molar-refractivity contribution is -0.137. The molecule has 146 valence electrons. The Morgan fingerprint density at radius 3 is 2.43 bits per heavy atom. The number of carbonyl (C=O) groups is 1. The Morgan fingerprint density at radius 2 is 1.75 bits per heavy atom. The molecule has 0 saturated carbocycles. The van der Waals surface area contributed by atoms with E-state index in [1.807, 2.05) is 0 Å². The molecule has 1 aromatic heterocycles. The van der Waals surface area contributed by atoms with Crippen molar-refractivity contribution >= 4 is 22.5 Å². The summed E-state index contributed by atoms with van der Waals surface area (Å²) in [6.45, 7) is 1.30. The quantitative estimate of drug-likeness (QED) is 0.743. The second-order valence-corrected chi connectivity index (χ2v) is 6.06. The number of amides is 1. The Morgan fingerprint density at radius 1 is 1.04 bits per heavy atom. The molecule has 0 spiro atoms. The van der Waals surface area contributed by atoms with E-state index < -0.39 is 35.4 Å². The molecule has 3 aromatic rings. The van der Waals surface area contributed by atoms with Gasteiger partial charge in [-0.2, -0.15) is 13.2 Å². The Kier molecular flexibility index (Phi) is 5.08. The van der Waals surface area contributed by atoms with Gasteiger partial charge in [-0.25, -0.2) is 4.79 Å². The third kappa shape index (κ3) is 3.68. The molecule has 9 heteroatoms. The van der Waals surface area contributed by atoms with Crippen molar-refractivity contribution in [1.82, 2.24) is 9.13 Å². The van der Waals surface area contributed by atoms with Gasteiger partial charge in [-0.15, -0.1) is 0 Å². The zero-order valence-corrected chi connectivity index (χ0v) is 14.8. The van der Waals surface area contributed by atoms with Crippen LogP contribution in [0.2, 0.25) is 0 Å². The summed E-state index contributed by atoms with van der Waals surface area (Å²) in [4.78, 5) is 37.4. The average Bonchev–Trinajstić information content (AvgIpc) is 2.65. The minimum atomic E-state index is -4.54. The van der Waals surface area contributed by atoms with Gasteiger partial charge in [0.2, 0.25) is 5.91 Å². The number of hydrogen-bond acceptors (Lipinski definition) is 3. The number of para-hydroxylation sites is 1.